The number of hydrogen-bond donors (Lipinski definition) is 2. The highest BCUT2D eigenvalue weighted by molar-refractivity contribution is 5.76. The first kappa shape index (κ1) is 17.5. The highest BCUT2D eigenvalue weighted by Gasteiger charge is 2.23. The fraction of sp³-hybridized carbons (Fsp3) is 0.381. The molecule has 0 spiro atoms. The van der Waals surface area contributed by atoms with E-state index in [2.05, 4.69) is 34.5 Å². The van der Waals surface area contributed by atoms with Crippen LogP contribution in [0.4, 0.5) is 0 Å². The van der Waals surface area contributed by atoms with Crippen LogP contribution in [-0.4, -0.2) is 35.5 Å². The van der Waals surface area contributed by atoms with Crippen molar-refractivity contribution in [1.29, 1.82) is 0 Å². The number of carbonyl (C=O) groups excluding carboxylic acids is 1. The quantitative estimate of drug-likeness (QED) is 0.815. The normalized spacial score (nSPS) is 15.8. The third kappa shape index (κ3) is 4.83. The van der Waals surface area contributed by atoms with E-state index in [1.165, 1.54) is 18.4 Å². The van der Waals surface area contributed by atoms with Gasteiger partial charge in [0.25, 0.3) is 0 Å². The molecule has 1 saturated heterocycles. The molecule has 0 saturated carbocycles. The summed E-state index contributed by atoms with van der Waals surface area (Å²) in [5.74, 6) is 0.290. The molecule has 0 aromatic heterocycles. The van der Waals surface area contributed by atoms with Gasteiger partial charge in [-0.25, -0.2) is 0 Å². The Kier molecular flexibility index (Phi) is 6.07. The van der Waals surface area contributed by atoms with Gasteiger partial charge in [0, 0.05) is 13.0 Å². The highest BCUT2D eigenvalue weighted by atomic mass is 16.3. The Balaban J connectivity index is 1.55. The van der Waals surface area contributed by atoms with Gasteiger partial charge in [-0.2, -0.15) is 0 Å². The molecule has 1 heterocycles. The summed E-state index contributed by atoms with van der Waals surface area (Å²) in [6, 6.07) is 17.8. The van der Waals surface area contributed by atoms with Crippen LogP contribution in [0.5, 0.6) is 5.75 Å². The molecule has 0 bridgehead atoms. The van der Waals surface area contributed by atoms with Gasteiger partial charge in [0.15, 0.2) is 0 Å². The maximum absolute atomic E-state index is 12.3. The maximum atomic E-state index is 12.3. The third-order valence-electron chi connectivity index (χ3n) is 4.87. The number of aryl methyl sites for hydroxylation is 1. The smallest absolute Gasteiger partial charge is 0.220 e. The minimum Gasteiger partial charge on any atom is -0.508 e. The Morgan fingerprint density at radius 1 is 1.04 bits per heavy atom. The Bertz CT molecular complexity index is 681. The molecule has 2 aromatic rings. The largest absolute Gasteiger partial charge is 0.508 e. The Morgan fingerprint density at radius 3 is 2.44 bits per heavy atom. The monoisotopic (exact) mass is 338 g/mol. The van der Waals surface area contributed by atoms with Gasteiger partial charge < -0.3 is 10.4 Å². The number of phenolic OH excluding ortho intramolecular Hbond substituents is 1. The van der Waals surface area contributed by atoms with Crippen molar-refractivity contribution in [2.75, 3.05) is 19.6 Å². The number of benzene rings is 2. The van der Waals surface area contributed by atoms with E-state index in [0.29, 0.717) is 19.4 Å². The molecule has 0 radical (unpaired) electrons. The summed E-state index contributed by atoms with van der Waals surface area (Å²) in [6.45, 7) is 2.81. The molecule has 0 aliphatic carbocycles. The van der Waals surface area contributed by atoms with Crippen molar-refractivity contribution in [3.63, 3.8) is 0 Å². The van der Waals surface area contributed by atoms with Crippen LogP contribution in [0.2, 0.25) is 0 Å². The van der Waals surface area contributed by atoms with Gasteiger partial charge >= 0.3 is 0 Å². The zero-order valence-electron chi connectivity index (χ0n) is 14.5. The third-order valence-corrected chi connectivity index (χ3v) is 4.87. The van der Waals surface area contributed by atoms with Crippen molar-refractivity contribution in [1.82, 2.24) is 10.2 Å². The molecule has 1 aliphatic heterocycles. The summed E-state index contributed by atoms with van der Waals surface area (Å²) < 4.78 is 0. The minimum atomic E-state index is 0.0309. The van der Waals surface area contributed by atoms with E-state index in [-0.39, 0.29) is 17.7 Å². The Morgan fingerprint density at radius 2 is 1.72 bits per heavy atom. The van der Waals surface area contributed by atoms with Crippen LogP contribution in [0, 0.1) is 0 Å². The van der Waals surface area contributed by atoms with E-state index >= 15 is 0 Å². The molecule has 1 amide bonds. The van der Waals surface area contributed by atoms with Crippen LogP contribution in [-0.2, 0) is 11.2 Å². The van der Waals surface area contributed by atoms with E-state index in [1.54, 1.807) is 12.1 Å². The molecule has 1 fully saturated rings. The first-order chi connectivity index (χ1) is 12.2. The van der Waals surface area contributed by atoms with E-state index < -0.39 is 0 Å². The predicted octanol–water partition coefficient (Wildman–Crippen LogP) is 3.28. The van der Waals surface area contributed by atoms with E-state index in [9.17, 15) is 9.90 Å². The lowest BCUT2D eigenvalue weighted by Crippen LogP contribution is -2.36. The molecule has 1 unspecified atom stereocenters. The van der Waals surface area contributed by atoms with Gasteiger partial charge in [0.05, 0.1) is 6.04 Å². The van der Waals surface area contributed by atoms with Gasteiger partial charge in [-0.1, -0.05) is 48.5 Å². The lowest BCUT2D eigenvalue weighted by Gasteiger charge is -2.28. The second-order valence-corrected chi connectivity index (χ2v) is 6.60. The lowest BCUT2D eigenvalue weighted by atomic mass is 10.1. The number of carbonyl (C=O) groups is 1. The predicted molar refractivity (Wildman–Crippen MR) is 99.4 cm³/mol. The number of hydrogen-bond acceptors (Lipinski definition) is 3. The first-order valence-electron chi connectivity index (χ1n) is 9.06. The number of phenols is 1. The topological polar surface area (TPSA) is 52.6 Å². The maximum Gasteiger partial charge on any atom is 0.220 e. The summed E-state index contributed by atoms with van der Waals surface area (Å²) in [7, 11) is 0. The average molecular weight is 338 g/mol. The highest BCUT2D eigenvalue weighted by Crippen LogP contribution is 2.24. The number of likely N-dealkylation sites (tertiary alicyclic amines) is 1. The summed E-state index contributed by atoms with van der Waals surface area (Å²) in [4.78, 5) is 14.7. The molecule has 3 rings (SSSR count). The van der Waals surface area contributed by atoms with Crippen LogP contribution >= 0.6 is 0 Å². The summed E-state index contributed by atoms with van der Waals surface area (Å²) in [5, 5.41) is 12.9. The summed E-state index contributed by atoms with van der Waals surface area (Å²) in [5.41, 5.74) is 2.07. The fourth-order valence-corrected chi connectivity index (χ4v) is 3.46. The SMILES string of the molecule is O=C(CCc1ccccc1O)NCC(c1ccccc1)N1CCCC1. The number of aromatic hydroxyl groups is 1. The standard InChI is InChI=1S/C21H26N2O2/c24-20-11-5-4-10-18(20)12-13-21(25)22-16-19(23-14-6-7-15-23)17-8-2-1-3-9-17/h1-5,8-11,19,24H,6-7,12-16H2,(H,22,25). The van der Waals surface area contributed by atoms with Gasteiger partial charge in [-0.3, -0.25) is 9.69 Å². The van der Waals surface area contributed by atoms with Gasteiger partial charge in [-0.15, -0.1) is 0 Å². The molecule has 1 atom stereocenters. The number of rotatable bonds is 7. The molecular formula is C21H26N2O2. The number of nitrogens with one attached hydrogen (secondary N) is 1. The molecule has 2 N–H and O–H groups in total. The summed E-state index contributed by atoms with van der Waals surface area (Å²) >= 11 is 0. The Hall–Kier alpha value is -2.33. The van der Waals surface area contributed by atoms with Crippen molar-refractivity contribution in [3.05, 3.63) is 65.7 Å². The zero-order valence-corrected chi connectivity index (χ0v) is 14.5. The fourth-order valence-electron chi connectivity index (χ4n) is 3.46. The molecule has 4 nitrogen and oxygen atoms in total. The van der Waals surface area contributed by atoms with E-state index in [4.69, 9.17) is 0 Å². The minimum absolute atomic E-state index is 0.0309. The zero-order chi connectivity index (χ0) is 17.5. The van der Waals surface area contributed by atoms with Gasteiger partial charge in [0.1, 0.15) is 5.75 Å². The van der Waals surface area contributed by atoms with Crippen LogP contribution in [0.15, 0.2) is 54.6 Å². The molecule has 4 heteroatoms. The summed E-state index contributed by atoms with van der Waals surface area (Å²) in [6.07, 6.45) is 3.40. The van der Waals surface area contributed by atoms with Crippen LogP contribution < -0.4 is 5.32 Å². The number of para-hydroxylation sites is 1. The molecule has 1 aliphatic rings. The second-order valence-electron chi connectivity index (χ2n) is 6.60. The van der Waals surface area contributed by atoms with Crippen molar-refractivity contribution < 1.29 is 9.90 Å². The van der Waals surface area contributed by atoms with E-state index in [1.807, 2.05) is 18.2 Å². The molecule has 25 heavy (non-hydrogen) atoms. The molecular weight excluding hydrogens is 312 g/mol. The molecule has 132 valence electrons. The van der Waals surface area contributed by atoms with Crippen molar-refractivity contribution in [2.45, 2.75) is 31.7 Å². The second kappa shape index (κ2) is 8.67. The Labute approximate surface area is 149 Å². The number of nitrogens with zero attached hydrogens (tertiary/aromatic N) is 1. The van der Waals surface area contributed by atoms with E-state index in [0.717, 1.165) is 18.7 Å². The van der Waals surface area contributed by atoms with Crippen molar-refractivity contribution >= 4 is 5.91 Å². The van der Waals surface area contributed by atoms with Gasteiger partial charge in [0.2, 0.25) is 5.91 Å². The number of amides is 1. The lowest BCUT2D eigenvalue weighted by molar-refractivity contribution is -0.121. The van der Waals surface area contributed by atoms with Crippen molar-refractivity contribution in [2.24, 2.45) is 0 Å². The average Bonchev–Trinajstić information content (AvgIpc) is 3.16. The molecule has 2 aromatic carbocycles. The van der Waals surface area contributed by atoms with Crippen LogP contribution in [0.25, 0.3) is 0 Å². The first-order valence-corrected chi connectivity index (χ1v) is 9.06. The van der Waals surface area contributed by atoms with Crippen LogP contribution in [0.3, 0.4) is 0 Å². The van der Waals surface area contributed by atoms with Crippen LogP contribution in [0.1, 0.15) is 36.4 Å². The van der Waals surface area contributed by atoms with Crippen molar-refractivity contribution in [3.8, 4) is 5.75 Å². The van der Waals surface area contributed by atoms with Gasteiger partial charge in [-0.05, 0) is 49.5 Å².